The molecule has 3 heterocycles. The molecule has 9 heteroatoms. The van der Waals surface area contributed by atoms with Crippen molar-refractivity contribution in [2.75, 3.05) is 18.9 Å². The molecule has 0 spiro atoms. The zero-order chi connectivity index (χ0) is 20.9. The van der Waals surface area contributed by atoms with Crippen LogP contribution in [0.5, 0.6) is 0 Å². The SMILES string of the molecule is Cc1ccc(C(=O)NCCc2nnc(SC[C@H]3CCCO3)n2-c2ccccc2F)s1. The average molecular weight is 447 g/mol. The Morgan fingerprint density at radius 2 is 2.20 bits per heavy atom. The number of para-hydroxylation sites is 1. The number of thiophene rings is 1. The minimum absolute atomic E-state index is 0.113. The highest BCUT2D eigenvalue weighted by Gasteiger charge is 2.21. The van der Waals surface area contributed by atoms with Gasteiger partial charge < -0.3 is 10.1 Å². The van der Waals surface area contributed by atoms with Crippen LogP contribution in [0.4, 0.5) is 4.39 Å². The van der Waals surface area contributed by atoms with E-state index in [-0.39, 0.29) is 17.8 Å². The van der Waals surface area contributed by atoms with Gasteiger partial charge in [0, 0.05) is 30.2 Å². The van der Waals surface area contributed by atoms with Gasteiger partial charge in [-0.2, -0.15) is 0 Å². The number of hydrogen-bond acceptors (Lipinski definition) is 6. The van der Waals surface area contributed by atoms with Gasteiger partial charge in [0.2, 0.25) is 0 Å². The van der Waals surface area contributed by atoms with Crippen molar-refractivity contribution in [1.82, 2.24) is 20.1 Å². The third kappa shape index (κ3) is 4.91. The summed E-state index contributed by atoms with van der Waals surface area (Å²) in [6.07, 6.45) is 2.73. The van der Waals surface area contributed by atoms with Gasteiger partial charge in [0.15, 0.2) is 5.16 Å². The van der Waals surface area contributed by atoms with E-state index in [0.717, 1.165) is 30.1 Å². The monoisotopic (exact) mass is 446 g/mol. The smallest absolute Gasteiger partial charge is 0.261 e. The van der Waals surface area contributed by atoms with Crippen molar-refractivity contribution in [1.29, 1.82) is 0 Å². The van der Waals surface area contributed by atoms with Gasteiger partial charge in [-0.05, 0) is 44.0 Å². The van der Waals surface area contributed by atoms with Crippen LogP contribution in [0, 0.1) is 12.7 Å². The van der Waals surface area contributed by atoms with Crippen molar-refractivity contribution in [3.05, 3.63) is 57.8 Å². The van der Waals surface area contributed by atoms with E-state index in [2.05, 4.69) is 15.5 Å². The maximum atomic E-state index is 14.5. The molecule has 3 aromatic rings. The molecule has 1 aromatic carbocycles. The zero-order valence-electron chi connectivity index (χ0n) is 16.6. The summed E-state index contributed by atoms with van der Waals surface area (Å²) in [5.41, 5.74) is 0.410. The minimum atomic E-state index is -0.337. The van der Waals surface area contributed by atoms with Gasteiger partial charge in [-0.1, -0.05) is 23.9 Å². The highest BCUT2D eigenvalue weighted by atomic mass is 32.2. The van der Waals surface area contributed by atoms with Crippen molar-refractivity contribution < 1.29 is 13.9 Å². The van der Waals surface area contributed by atoms with E-state index >= 15 is 0 Å². The number of carbonyl (C=O) groups is 1. The van der Waals surface area contributed by atoms with Gasteiger partial charge in [-0.15, -0.1) is 21.5 Å². The van der Waals surface area contributed by atoms with Gasteiger partial charge in [0.05, 0.1) is 16.7 Å². The van der Waals surface area contributed by atoms with E-state index < -0.39 is 0 Å². The molecule has 1 fully saturated rings. The number of ether oxygens (including phenoxy) is 1. The van der Waals surface area contributed by atoms with Crippen LogP contribution >= 0.6 is 23.1 Å². The highest BCUT2D eigenvalue weighted by Crippen LogP contribution is 2.27. The largest absolute Gasteiger partial charge is 0.377 e. The number of carbonyl (C=O) groups excluding carboxylic acids is 1. The van der Waals surface area contributed by atoms with E-state index in [4.69, 9.17) is 4.74 Å². The third-order valence-electron chi connectivity index (χ3n) is 4.81. The Labute approximate surface area is 182 Å². The molecule has 0 unspecified atom stereocenters. The summed E-state index contributed by atoms with van der Waals surface area (Å²) in [5, 5.41) is 12.1. The molecule has 1 atom stereocenters. The predicted octanol–water partition coefficient (Wildman–Crippen LogP) is 4.02. The van der Waals surface area contributed by atoms with E-state index in [9.17, 15) is 9.18 Å². The lowest BCUT2D eigenvalue weighted by atomic mass is 10.3. The quantitative estimate of drug-likeness (QED) is 0.530. The van der Waals surface area contributed by atoms with Crippen molar-refractivity contribution >= 4 is 29.0 Å². The predicted molar refractivity (Wildman–Crippen MR) is 116 cm³/mol. The summed E-state index contributed by atoms with van der Waals surface area (Å²) in [6, 6.07) is 10.3. The molecule has 0 bridgehead atoms. The molecule has 30 heavy (non-hydrogen) atoms. The number of amides is 1. The average Bonchev–Trinajstić information content (AvgIpc) is 3.48. The molecule has 1 saturated heterocycles. The lowest BCUT2D eigenvalue weighted by molar-refractivity contribution is 0.0958. The van der Waals surface area contributed by atoms with Crippen molar-refractivity contribution in [2.24, 2.45) is 0 Å². The topological polar surface area (TPSA) is 69.0 Å². The first-order chi connectivity index (χ1) is 14.6. The fraction of sp³-hybridized carbons (Fsp3) is 0.381. The fourth-order valence-electron chi connectivity index (χ4n) is 3.31. The second kappa shape index (κ2) is 9.72. The fourth-order valence-corrected chi connectivity index (χ4v) is 5.12. The van der Waals surface area contributed by atoms with Crippen LogP contribution in [0.2, 0.25) is 0 Å². The molecule has 6 nitrogen and oxygen atoms in total. The number of aryl methyl sites for hydroxylation is 1. The minimum Gasteiger partial charge on any atom is -0.377 e. The molecule has 1 amide bonds. The molecular formula is C21H23FN4O2S2. The first kappa shape index (κ1) is 21.0. The Morgan fingerprint density at radius 1 is 1.33 bits per heavy atom. The number of nitrogens with zero attached hydrogens (tertiary/aromatic N) is 3. The molecule has 0 radical (unpaired) electrons. The van der Waals surface area contributed by atoms with Crippen LogP contribution in [0.1, 0.15) is 33.2 Å². The van der Waals surface area contributed by atoms with E-state index in [0.29, 0.717) is 34.5 Å². The summed E-state index contributed by atoms with van der Waals surface area (Å²) in [5.74, 6) is 0.910. The number of aromatic nitrogens is 3. The van der Waals surface area contributed by atoms with Crippen LogP contribution < -0.4 is 5.32 Å². The van der Waals surface area contributed by atoms with Crippen LogP contribution in [-0.4, -0.2) is 45.7 Å². The molecular weight excluding hydrogens is 423 g/mol. The summed E-state index contributed by atoms with van der Waals surface area (Å²) < 4.78 is 22.0. The van der Waals surface area contributed by atoms with Gasteiger partial charge >= 0.3 is 0 Å². The van der Waals surface area contributed by atoms with E-state index in [1.165, 1.54) is 29.2 Å². The first-order valence-electron chi connectivity index (χ1n) is 9.90. The van der Waals surface area contributed by atoms with Crippen LogP contribution in [0.15, 0.2) is 41.6 Å². The summed E-state index contributed by atoms with van der Waals surface area (Å²) >= 11 is 2.98. The molecule has 1 aliphatic heterocycles. The normalized spacial score (nSPS) is 16.1. The van der Waals surface area contributed by atoms with Crippen molar-refractivity contribution in [2.45, 2.75) is 37.4 Å². The summed E-state index contributed by atoms with van der Waals surface area (Å²) in [7, 11) is 0. The van der Waals surface area contributed by atoms with Crippen LogP contribution in [0.25, 0.3) is 5.69 Å². The first-order valence-corrected chi connectivity index (χ1v) is 11.7. The Bertz CT molecular complexity index is 1010. The lowest BCUT2D eigenvalue weighted by Crippen LogP contribution is -2.25. The number of nitrogens with one attached hydrogen (secondary N) is 1. The van der Waals surface area contributed by atoms with Gasteiger partial charge in [0.1, 0.15) is 11.6 Å². The zero-order valence-corrected chi connectivity index (χ0v) is 18.3. The van der Waals surface area contributed by atoms with E-state index in [1.807, 2.05) is 19.1 Å². The summed E-state index contributed by atoms with van der Waals surface area (Å²) in [6.45, 7) is 3.15. The second-order valence-corrected chi connectivity index (χ2v) is 9.32. The third-order valence-corrected chi connectivity index (χ3v) is 6.87. The number of hydrogen-bond donors (Lipinski definition) is 1. The molecule has 158 valence electrons. The Morgan fingerprint density at radius 3 is 2.93 bits per heavy atom. The van der Waals surface area contributed by atoms with Gasteiger partial charge in [0.25, 0.3) is 5.91 Å². The summed E-state index contributed by atoms with van der Waals surface area (Å²) in [4.78, 5) is 14.1. The number of thioether (sulfide) groups is 1. The highest BCUT2D eigenvalue weighted by molar-refractivity contribution is 7.99. The number of rotatable bonds is 8. The molecule has 0 saturated carbocycles. The molecule has 1 N–H and O–H groups in total. The lowest BCUT2D eigenvalue weighted by Gasteiger charge is -2.13. The van der Waals surface area contributed by atoms with Crippen molar-refractivity contribution in [3.8, 4) is 5.69 Å². The van der Waals surface area contributed by atoms with Crippen LogP contribution in [-0.2, 0) is 11.2 Å². The maximum Gasteiger partial charge on any atom is 0.261 e. The Hall–Kier alpha value is -2.23. The van der Waals surface area contributed by atoms with Crippen LogP contribution in [0.3, 0.4) is 0 Å². The standard InChI is InChI=1S/C21H23FN4O2S2/c1-14-8-9-18(30-14)20(27)23-11-10-19-24-25-21(29-13-15-5-4-12-28-15)26(19)17-7-3-2-6-16(17)22/h2-3,6-9,15H,4-5,10-13H2,1H3,(H,23,27)/t15-/m1/s1. The van der Waals surface area contributed by atoms with Gasteiger partial charge in [-0.25, -0.2) is 4.39 Å². The molecule has 1 aliphatic rings. The Kier molecular flexibility index (Phi) is 6.81. The van der Waals surface area contributed by atoms with Gasteiger partial charge in [-0.3, -0.25) is 9.36 Å². The Balaban J connectivity index is 1.48. The molecule has 4 rings (SSSR count). The molecule has 0 aliphatic carbocycles. The number of benzene rings is 1. The molecule has 2 aromatic heterocycles. The maximum absolute atomic E-state index is 14.5. The number of halogens is 1. The van der Waals surface area contributed by atoms with E-state index in [1.54, 1.807) is 22.8 Å². The van der Waals surface area contributed by atoms with Crippen molar-refractivity contribution in [3.63, 3.8) is 0 Å². The second-order valence-electron chi connectivity index (χ2n) is 7.05.